The zero-order valence-electron chi connectivity index (χ0n) is 37.7. The summed E-state index contributed by atoms with van der Waals surface area (Å²) in [5, 5.41) is 31.1. The highest BCUT2D eigenvalue weighted by atomic mass is 16.7. The van der Waals surface area contributed by atoms with Crippen LogP contribution in [0, 0.1) is 0 Å². The normalized spacial score (nSPS) is 22.8. The van der Waals surface area contributed by atoms with Crippen LogP contribution in [0.5, 0.6) is 0 Å². The zero-order valence-corrected chi connectivity index (χ0v) is 37.7. The van der Waals surface area contributed by atoms with Gasteiger partial charge in [-0.15, -0.1) is 0 Å². The number of ether oxygens (including phenoxy) is 4. The molecule has 0 aromatic heterocycles. The van der Waals surface area contributed by atoms with Crippen molar-refractivity contribution in [3.05, 3.63) is 131 Å². The minimum Gasteiger partial charge on any atom is -0.463 e. The number of methoxy groups -OCH3 is 1. The van der Waals surface area contributed by atoms with Gasteiger partial charge in [0.1, 0.15) is 31.0 Å². The third-order valence-corrected chi connectivity index (χ3v) is 9.80. The van der Waals surface area contributed by atoms with Gasteiger partial charge in [-0.3, -0.25) is 4.79 Å². The molecule has 0 radical (unpaired) electrons. The van der Waals surface area contributed by atoms with Gasteiger partial charge >= 0.3 is 5.97 Å². The summed E-state index contributed by atoms with van der Waals surface area (Å²) in [5.41, 5.74) is 6.52. The molecule has 5 atom stereocenters. The van der Waals surface area contributed by atoms with Crippen LogP contribution in [0.3, 0.4) is 0 Å². The van der Waals surface area contributed by atoms with Gasteiger partial charge in [0, 0.05) is 13.5 Å². The molecule has 0 saturated carbocycles. The van der Waals surface area contributed by atoms with Crippen LogP contribution in [0.2, 0.25) is 0 Å². The van der Waals surface area contributed by atoms with E-state index < -0.39 is 42.3 Å². The molecule has 1 saturated heterocycles. The molecule has 1 rings (SSSR count). The van der Waals surface area contributed by atoms with E-state index in [1.807, 2.05) is 13.8 Å². The minimum atomic E-state index is -1.49. The SMILES string of the molecule is CCC(=O)OC[C@H]1O[C@@H](OC(C)(C)CCC/C(C)=C/C=C/C(C)=C/C=C/C(C)=C/C=C/C=C(C)/C=C/C=C(C)/C=C/C=C(\C)CCCC(C)(C)OC)[C@H](O)[C@@H](O)[C@@H]1O. The first-order chi connectivity index (χ1) is 27.3. The molecule has 0 amide bonds. The van der Waals surface area contributed by atoms with Crippen molar-refractivity contribution in [2.24, 2.45) is 0 Å². The smallest absolute Gasteiger partial charge is 0.305 e. The Hall–Kier alpha value is -3.63. The Morgan fingerprint density at radius 1 is 0.603 bits per heavy atom. The molecule has 8 heteroatoms. The van der Waals surface area contributed by atoms with Crippen molar-refractivity contribution in [1.82, 2.24) is 0 Å². The van der Waals surface area contributed by atoms with Gasteiger partial charge in [-0.1, -0.05) is 138 Å². The summed E-state index contributed by atoms with van der Waals surface area (Å²) in [5.74, 6) is -0.446. The molecule has 0 aromatic carbocycles. The second-order valence-electron chi connectivity index (χ2n) is 16.6. The molecule has 324 valence electrons. The topological polar surface area (TPSA) is 115 Å². The van der Waals surface area contributed by atoms with Crippen LogP contribution in [0.15, 0.2) is 131 Å². The lowest BCUT2D eigenvalue weighted by atomic mass is 9.96. The molecule has 1 fully saturated rings. The van der Waals surface area contributed by atoms with Crippen LogP contribution < -0.4 is 0 Å². The number of rotatable bonds is 24. The lowest BCUT2D eigenvalue weighted by Gasteiger charge is -2.42. The standard InChI is InChI=1S/C50H76O8/c1-13-44(51)56-36-43-45(52)46(53)47(54)48(57-43)58-50(10,11)35-21-33-42(7)31-19-29-40(5)27-17-25-38(3)23-15-14-22-37(2)24-16-26-39(4)28-18-30-41(6)32-20-34-49(8,9)55-12/h14-19,22-31,43,45-48,52-54H,13,20-21,32-36H2,1-12H3/b15-14+,24-16+,25-17+,28-18+,29-19+,37-22+,38-23+,39-26+,40-27+,41-30+,42-31+/t43-,45-,46+,47-,48+/m1/s1. The van der Waals surface area contributed by atoms with E-state index in [-0.39, 0.29) is 18.6 Å². The lowest BCUT2D eigenvalue weighted by molar-refractivity contribution is -0.324. The highest BCUT2D eigenvalue weighted by Crippen LogP contribution is 2.29. The molecule has 0 aromatic rings. The van der Waals surface area contributed by atoms with Gasteiger partial charge in [-0.2, -0.15) is 0 Å². The summed E-state index contributed by atoms with van der Waals surface area (Å²) in [6, 6.07) is 0. The Bertz CT molecular complexity index is 1590. The van der Waals surface area contributed by atoms with E-state index in [9.17, 15) is 20.1 Å². The monoisotopic (exact) mass is 805 g/mol. The molecule has 58 heavy (non-hydrogen) atoms. The molecule has 1 aliphatic heterocycles. The van der Waals surface area contributed by atoms with Crippen molar-refractivity contribution in [1.29, 1.82) is 0 Å². The number of carbonyl (C=O) groups excluding carboxylic acids is 1. The van der Waals surface area contributed by atoms with Crippen molar-refractivity contribution < 1.29 is 39.1 Å². The average Bonchev–Trinajstić information content (AvgIpc) is 3.15. The van der Waals surface area contributed by atoms with Gasteiger partial charge in [0.25, 0.3) is 0 Å². The highest BCUT2D eigenvalue weighted by Gasteiger charge is 2.46. The van der Waals surface area contributed by atoms with E-state index in [4.69, 9.17) is 18.9 Å². The number of aliphatic hydroxyl groups excluding tert-OH is 3. The Morgan fingerprint density at radius 2 is 1.02 bits per heavy atom. The fourth-order valence-electron chi connectivity index (χ4n) is 5.73. The number of aliphatic hydroxyl groups is 3. The second-order valence-corrected chi connectivity index (χ2v) is 16.6. The Morgan fingerprint density at radius 3 is 1.45 bits per heavy atom. The summed E-state index contributed by atoms with van der Waals surface area (Å²) < 4.78 is 22.4. The molecular weight excluding hydrogens is 729 g/mol. The second kappa shape index (κ2) is 27.9. The molecule has 0 aliphatic carbocycles. The van der Waals surface area contributed by atoms with Gasteiger partial charge in [-0.05, 0) is 108 Å². The maximum Gasteiger partial charge on any atom is 0.305 e. The maximum atomic E-state index is 11.6. The van der Waals surface area contributed by atoms with Gasteiger partial charge in [-0.25, -0.2) is 0 Å². The van der Waals surface area contributed by atoms with Crippen molar-refractivity contribution in [2.45, 2.75) is 163 Å². The fraction of sp³-hybridized carbons (Fsp3) is 0.540. The third-order valence-electron chi connectivity index (χ3n) is 9.80. The zero-order chi connectivity index (χ0) is 43.7. The number of hydrogen-bond acceptors (Lipinski definition) is 8. The van der Waals surface area contributed by atoms with Gasteiger partial charge in [0.2, 0.25) is 0 Å². The molecule has 0 unspecified atom stereocenters. The summed E-state index contributed by atoms with van der Waals surface area (Å²) in [7, 11) is 1.78. The molecule has 1 aliphatic rings. The lowest BCUT2D eigenvalue weighted by Crippen LogP contribution is -2.60. The third kappa shape index (κ3) is 23.7. The Labute approximate surface area is 351 Å². The Balaban J connectivity index is 2.53. The highest BCUT2D eigenvalue weighted by molar-refractivity contribution is 5.68. The molecule has 1 heterocycles. The summed E-state index contributed by atoms with van der Waals surface area (Å²) in [6.07, 6.45) is 32.8. The minimum absolute atomic E-state index is 0.0553. The molecule has 3 N–H and O–H groups in total. The number of carbonyl (C=O) groups is 1. The summed E-state index contributed by atoms with van der Waals surface area (Å²) in [6.45, 7) is 22.1. The quantitative estimate of drug-likeness (QED) is 0.0653. The van der Waals surface area contributed by atoms with Crippen LogP contribution in [0.1, 0.15) is 121 Å². The van der Waals surface area contributed by atoms with E-state index in [1.54, 1.807) is 14.0 Å². The van der Waals surface area contributed by atoms with Crippen molar-refractivity contribution >= 4 is 5.97 Å². The maximum absolute atomic E-state index is 11.6. The summed E-state index contributed by atoms with van der Waals surface area (Å²) in [4.78, 5) is 11.6. The molecule has 8 nitrogen and oxygen atoms in total. The van der Waals surface area contributed by atoms with Crippen molar-refractivity contribution in [3.8, 4) is 0 Å². The predicted octanol–water partition coefficient (Wildman–Crippen LogP) is 10.8. The average molecular weight is 805 g/mol. The van der Waals surface area contributed by atoms with E-state index in [2.05, 4.69) is 153 Å². The fourth-order valence-corrected chi connectivity index (χ4v) is 5.73. The van der Waals surface area contributed by atoms with Crippen molar-refractivity contribution in [3.63, 3.8) is 0 Å². The largest absolute Gasteiger partial charge is 0.463 e. The van der Waals surface area contributed by atoms with Gasteiger partial charge < -0.3 is 34.3 Å². The van der Waals surface area contributed by atoms with Crippen LogP contribution in [-0.2, 0) is 23.7 Å². The van der Waals surface area contributed by atoms with Crippen molar-refractivity contribution in [2.75, 3.05) is 13.7 Å². The molecule has 0 bridgehead atoms. The first kappa shape index (κ1) is 52.4. The van der Waals surface area contributed by atoms with Crippen LogP contribution >= 0.6 is 0 Å². The first-order valence-corrected chi connectivity index (χ1v) is 20.8. The van der Waals surface area contributed by atoms with E-state index in [0.29, 0.717) is 6.42 Å². The number of esters is 1. The molecular formula is C50H76O8. The summed E-state index contributed by atoms with van der Waals surface area (Å²) >= 11 is 0. The van der Waals surface area contributed by atoms with Crippen LogP contribution in [0.4, 0.5) is 0 Å². The van der Waals surface area contributed by atoms with Crippen LogP contribution in [0.25, 0.3) is 0 Å². The van der Waals surface area contributed by atoms with Crippen LogP contribution in [-0.4, -0.2) is 76.9 Å². The van der Waals surface area contributed by atoms with Gasteiger partial charge in [0.15, 0.2) is 6.29 Å². The van der Waals surface area contributed by atoms with E-state index >= 15 is 0 Å². The predicted molar refractivity (Wildman–Crippen MR) is 240 cm³/mol. The first-order valence-electron chi connectivity index (χ1n) is 20.8. The Kier molecular flexibility index (Phi) is 25.2. The number of allylic oxidation sites excluding steroid dienone is 22. The van der Waals surface area contributed by atoms with E-state index in [1.165, 1.54) is 22.3 Å². The molecule has 0 spiro atoms. The van der Waals surface area contributed by atoms with E-state index in [0.717, 1.165) is 43.3 Å². The number of hydrogen-bond donors (Lipinski definition) is 3. The van der Waals surface area contributed by atoms with Gasteiger partial charge in [0.05, 0.1) is 11.2 Å².